The number of rotatable bonds is 6. The summed E-state index contributed by atoms with van der Waals surface area (Å²) in [5, 5.41) is 2.92. The van der Waals surface area contributed by atoms with Crippen molar-refractivity contribution in [1.82, 2.24) is 5.32 Å². The third kappa shape index (κ3) is 5.50. The van der Waals surface area contributed by atoms with Gasteiger partial charge in [-0.3, -0.25) is 4.79 Å². The molecule has 0 fully saturated rings. The molecule has 16 heavy (non-hydrogen) atoms. The molecule has 0 saturated heterocycles. The number of esters is 2. The van der Waals surface area contributed by atoms with Crippen molar-refractivity contribution in [3.63, 3.8) is 0 Å². The minimum atomic E-state index is -0.387. The minimum absolute atomic E-state index is 0.299. The zero-order valence-corrected chi connectivity index (χ0v) is 10.2. The van der Waals surface area contributed by atoms with Crippen LogP contribution in [0.2, 0.25) is 0 Å². The third-order valence-electron chi connectivity index (χ3n) is 1.98. The summed E-state index contributed by atoms with van der Waals surface area (Å²) in [7, 11) is 1.33. The van der Waals surface area contributed by atoms with Crippen molar-refractivity contribution in [3.05, 3.63) is 11.6 Å². The Morgan fingerprint density at radius 2 is 2.06 bits per heavy atom. The highest BCUT2D eigenvalue weighted by atomic mass is 16.5. The SMILES string of the molecule is CCOC(=O)C(C)NC/C=C(/C)C(=O)OC. The van der Waals surface area contributed by atoms with E-state index in [1.54, 1.807) is 26.8 Å². The number of hydrogen-bond acceptors (Lipinski definition) is 5. The highest BCUT2D eigenvalue weighted by molar-refractivity contribution is 5.87. The van der Waals surface area contributed by atoms with Gasteiger partial charge in [0.1, 0.15) is 6.04 Å². The Morgan fingerprint density at radius 1 is 1.44 bits per heavy atom. The number of carbonyl (C=O) groups is 2. The van der Waals surface area contributed by atoms with Crippen LogP contribution < -0.4 is 5.32 Å². The lowest BCUT2D eigenvalue weighted by molar-refractivity contribution is -0.145. The van der Waals surface area contributed by atoms with Crippen molar-refractivity contribution in [2.45, 2.75) is 26.8 Å². The fourth-order valence-electron chi connectivity index (χ4n) is 0.984. The smallest absolute Gasteiger partial charge is 0.333 e. The molecule has 0 bridgehead atoms. The lowest BCUT2D eigenvalue weighted by Gasteiger charge is -2.10. The van der Waals surface area contributed by atoms with E-state index in [9.17, 15) is 9.59 Å². The van der Waals surface area contributed by atoms with Gasteiger partial charge in [0, 0.05) is 12.1 Å². The second kappa shape index (κ2) is 7.87. The van der Waals surface area contributed by atoms with Crippen LogP contribution in [0.1, 0.15) is 20.8 Å². The maximum absolute atomic E-state index is 11.2. The van der Waals surface area contributed by atoms with E-state index in [2.05, 4.69) is 10.1 Å². The quantitative estimate of drug-likeness (QED) is 0.535. The average Bonchev–Trinajstić information content (AvgIpc) is 2.27. The van der Waals surface area contributed by atoms with Crippen LogP contribution in [-0.4, -0.2) is 38.2 Å². The summed E-state index contributed by atoms with van der Waals surface area (Å²) in [6.45, 7) is 5.90. The van der Waals surface area contributed by atoms with Gasteiger partial charge in [0.2, 0.25) is 0 Å². The van der Waals surface area contributed by atoms with Crippen LogP contribution in [0.4, 0.5) is 0 Å². The number of hydrogen-bond donors (Lipinski definition) is 1. The molecule has 0 spiro atoms. The number of nitrogens with one attached hydrogen (secondary N) is 1. The molecule has 5 heteroatoms. The zero-order chi connectivity index (χ0) is 12.6. The van der Waals surface area contributed by atoms with Crippen LogP contribution in [-0.2, 0) is 19.1 Å². The largest absolute Gasteiger partial charge is 0.466 e. The highest BCUT2D eigenvalue weighted by Gasteiger charge is 2.12. The molecule has 0 aromatic carbocycles. The topological polar surface area (TPSA) is 64.6 Å². The van der Waals surface area contributed by atoms with E-state index in [1.165, 1.54) is 7.11 Å². The van der Waals surface area contributed by atoms with E-state index in [4.69, 9.17) is 4.74 Å². The molecule has 0 radical (unpaired) electrons. The monoisotopic (exact) mass is 229 g/mol. The van der Waals surface area contributed by atoms with Crippen LogP contribution in [0.25, 0.3) is 0 Å². The fraction of sp³-hybridized carbons (Fsp3) is 0.636. The van der Waals surface area contributed by atoms with Crippen LogP contribution in [0.15, 0.2) is 11.6 Å². The normalized spacial score (nSPS) is 13.1. The Morgan fingerprint density at radius 3 is 2.56 bits per heavy atom. The molecular formula is C11H19NO4. The average molecular weight is 229 g/mol. The van der Waals surface area contributed by atoms with Crippen molar-refractivity contribution >= 4 is 11.9 Å². The van der Waals surface area contributed by atoms with Gasteiger partial charge in [-0.05, 0) is 20.8 Å². The maximum atomic E-state index is 11.2. The molecular weight excluding hydrogens is 210 g/mol. The molecule has 0 heterocycles. The van der Waals surface area contributed by atoms with Gasteiger partial charge < -0.3 is 14.8 Å². The van der Waals surface area contributed by atoms with Crippen molar-refractivity contribution in [2.24, 2.45) is 0 Å². The van der Waals surface area contributed by atoms with E-state index in [-0.39, 0.29) is 18.0 Å². The Bertz CT molecular complexity index is 273. The van der Waals surface area contributed by atoms with E-state index in [0.717, 1.165) is 0 Å². The predicted molar refractivity (Wildman–Crippen MR) is 59.9 cm³/mol. The van der Waals surface area contributed by atoms with Crippen LogP contribution in [0.5, 0.6) is 0 Å². The van der Waals surface area contributed by atoms with Gasteiger partial charge in [0.25, 0.3) is 0 Å². The van der Waals surface area contributed by atoms with Gasteiger partial charge in [-0.1, -0.05) is 6.08 Å². The standard InChI is InChI=1S/C11H19NO4/c1-5-16-11(14)9(3)12-7-6-8(2)10(13)15-4/h6,9,12H,5,7H2,1-4H3/b8-6-. The van der Waals surface area contributed by atoms with Gasteiger partial charge in [-0.15, -0.1) is 0 Å². The van der Waals surface area contributed by atoms with Crippen molar-refractivity contribution in [3.8, 4) is 0 Å². The van der Waals surface area contributed by atoms with Crippen molar-refractivity contribution in [2.75, 3.05) is 20.3 Å². The molecule has 0 rings (SSSR count). The summed E-state index contributed by atoms with van der Waals surface area (Å²) in [5.74, 6) is -0.669. The van der Waals surface area contributed by atoms with Crippen LogP contribution >= 0.6 is 0 Å². The lowest BCUT2D eigenvalue weighted by Crippen LogP contribution is -2.35. The van der Waals surface area contributed by atoms with E-state index in [0.29, 0.717) is 18.7 Å². The molecule has 0 aromatic rings. The molecule has 1 atom stereocenters. The molecule has 0 aliphatic rings. The molecule has 5 nitrogen and oxygen atoms in total. The molecule has 0 amide bonds. The molecule has 0 aliphatic heterocycles. The van der Waals surface area contributed by atoms with Gasteiger partial charge >= 0.3 is 11.9 Å². The Kier molecular flexibility index (Phi) is 7.20. The summed E-state index contributed by atoms with van der Waals surface area (Å²) in [6.07, 6.45) is 1.67. The first-order valence-electron chi connectivity index (χ1n) is 5.18. The first-order chi connectivity index (χ1) is 7.52. The van der Waals surface area contributed by atoms with E-state index >= 15 is 0 Å². The summed E-state index contributed by atoms with van der Waals surface area (Å²) >= 11 is 0. The lowest BCUT2D eigenvalue weighted by atomic mass is 10.2. The van der Waals surface area contributed by atoms with Crippen molar-refractivity contribution < 1.29 is 19.1 Å². The van der Waals surface area contributed by atoms with Crippen molar-refractivity contribution in [1.29, 1.82) is 0 Å². The second-order valence-corrected chi connectivity index (χ2v) is 3.26. The minimum Gasteiger partial charge on any atom is -0.466 e. The van der Waals surface area contributed by atoms with Gasteiger partial charge in [-0.25, -0.2) is 4.79 Å². The highest BCUT2D eigenvalue weighted by Crippen LogP contribution is 1.94. The second-order valence-electron chi connectivity index (χ2n) is 3.26. The first-order valence-corrected chi connectivity index (χ1v) is 5.18. The van der Waals surface area contributed by atoms with Gasteiger partial charge in [0.15, 0.2) is 0 Å². The molecule has 92 valence electrons. The number of carbonyl (C=O) groups excluding carboxylic acids is 2. The third-order valence-corrected chi connectivity index (χ3v) is 1.98. The van der Waals surface area contributed by atoms with E-state index < -0.39 is 0 Å². The number of ether oxygens (including phenoxy) is 2. The summed E-state index contributed by atoms with van der Waals surface area (Å²) < 4.78 is 9.34. The van der Waals surface area contributed by atoms with Crippen LogP contribution in [0, 0.1) is 0 Å². The summed E-state index contributed by atoms with van der Waals surface area (Å²) in [4.78, 5) is 22.2. The number of methoxy groups -OCH3 is 1. The molecule has 0 aromatic heterocycles. The first kappa shape index (κ1) is 14.6. The van der Waals surface area contributed by atoms with Gasteiger partial charge in [-0.2, -0.15) is 0 Å². The molecule has 1 N–H and O–H groups in total. The zero-order valence-electron chi connectivity index (χ0n) is 10.2. The van der Waals surface area contributed by atoms with Gasteiger partial charge in [0.05, 0.1) is 13.7 Å². The summed E-state index contributed by atoms with van der Waals surface area (Å²) in [6, 6.07) is -0.387. The molecule has 0 saturated carbocycles. The summed E-state index contributed by atoms with van der Waals surface area (Å²) in [5.41, 5.74) is 0.506. The molecule has 0 aliphatic carbocycles. The molecule has 1 unspecified atom stereocenters. The van der Waals surface area contributed by atoms with Crippen LogP contribution in [0.3, 0.4) is 0 Å². The fourth-order valence-corrected chi connectivity index (χ4v) is 0.984. The predicted octanol–water partition coefficient (Wildman–Crippen LogP) is 0.647. The Hall–Kier alpha value is -1.36. The van der Waals surface area contributed by atoms with E-state index in [1.807, 2.05) is 0 Å². The Balaban J connectivity index is 3.97. The maximum Gasteiger partial charge on any atom is 0.333 e. The Labute approximate surface area is 95.8 Å².